The van der Waals surface area contributed by atoms with Crippen molar-refractivity contribution in [3.8, 4) is 0 Å². The van der Waals surface area contributed by atoms with Gasteiger partial charge in [-0.1, -0.05) is 13.0 Å². The zero-order chi connectivity index (χ0) is 15.5. The summed E-state index contributed by atoms with van der Waals surface area (Å²) in [5.41, 5.74) is 7.41. The summed E-state index contributed by atoms with van der Waals surface area (Å²) in [7, 11) is -1.87. The number of nitrogen functional groups attached to an aromatic ring is 1. The third kappa shape index (κ3) is 3.75. The van der Waals surface area contributed by atoms with Crippen LogP contribution in [0.1, 0.15) is 25.3 Å². The van der Waals surface area contributed by atoms with E-state index in [0.29, 0.717) is 18.8 Å². The van der Waals surface area contributed by atoms with Crippen LogP contribution >= 0.6 is 0 Å². The minimum atomic E-state index is -3.49. The van der Waals surface area contributed by atoms with E-state index in [1.807, 2.05) is 6.92 Å². The van der Waals surface area contributed by atoms with Crippen molar-refractivity contribution >= 4 is 15.7 Å². The molecule has 2 N–H and O–H groups in total. The molecule has 1 saturated heterocycles. The van der Waals surface area contributed by atoms with Crippen molar-refractivity contribution < 1.29 is 13.2 Å². The second-order valence-electron chi connectivity index (χ2n) is 5.58. The molecule has 1 aliphatic heterocycles. The number of sulfonamides is 1. The molecular weight excluding hydrogens is 288 g/mol. The predicted octanol–water partition coefficient (Wildman–Crippen LogP) is 1.88. The van der Waals surface area contributed by atoms with Crippen molar-refractivity contribution in [1.82, 2.24) is 4.31 Å². The van der Waals surface area contributed by atoms with E-state index in [0.717, 1.165) is 31.4 Å². The summed E-state index contributed by atoms with van der Waals surface area (Å²) in [6.07, 6.45) is 2.80. The fourth-order valence-corrected chi connectivity index (χ4v) is 3.93. The first kappa shape index (κ1) is 16.3. The lowest BCUT2D eigenvalue weighted by Crippen LogP contribution is -2.35. The van der Waals surface area contributed by atoms with Crippen LogP contribution in [0.4, 0.5) is 5.69 Å². The van der Waals surface area contributed by atoms with Gasteiger partial charge in [-0.2, -0.15) is 0 Å². The van der Waals surface area contributed by atoms with Crippen LogP contribution in [0.3, 0.4) is 0 Å². The van der Waals surface area contributed by atoms with E-state index in [-0.39, 0.29) is 10.8 Å². The number of rotatable bonds is 5. The van der Waals surface area contributed by atoms with Gasteiger partial charge in [0.2, 0.25) is 10.0 Å². The van der Waals surface area contributed by atoms with Crippen molar-refractivity contribution in [2.24, 2.45) is 5.92 Å². The van der Waals surface area contributed by atoms with Crippen LogP contribution in [-0.2, 0) is 21.2 Å². The van der Waals surface area contributed by atoms with Crippen LogP contribution in [0, 0.1) is 5.92 Å². The first-order valence-corrected chi connectivity index (χ1v) is 8.81. The number of hydrogen-bond donors (Lipinski definition) is 1. The lowest BCUT2D eigenvalue weighted by molar-refractivity contribution is 0.0495. The molecule has 0 aromatic heterocycles. The Labute approximate surface area is 127 Å². The summed E-state index contributed by atoms with van der Waals surface area (Å²) < 4.78 is 32.0. The van der Waals surface area contributed by atoms with Crippen molar-refractivity contribution in [2.75, 3.05) is 32.5 Å². The SMILES string of the molecule is CCc1ccc(S(=O)(=O)N(C)CC2CCCOC2)cc1N. The number of benzene rings is 1. The average molecular weight is 312 g/mol. The minimum absolute atomic E-state index is 0.261. The number of nitrogens with zero attached hydrogens (tertiary/aromatic N) is 1. The summed E-state index contributed by atoms with van der Waals surface area (Å²) in [4.78, 5) is 0.261. The Hall–Kier alpha value is -1.11. The van der Waals surface area contributed by atoms with Crippen LogP contribution in [-0.4, -0.2) is 39.5 Å². The molecule has 0 radical (unpaired) electrons. The third-order valence-electron chi connectivity index (χ3n) is 3.98. The summed E-state index contributed by atoms with van der Waals surface area (Å²) in [5.74, 6) is 0.269. The lowest BCUT2D eigenvalue weighted by atomic mass is 10.0. The Balaban J connectivity index is 2.14. The first-order valence-electron chi connectivity index (χ1n) is 7.37. The van der Waals surface area contributed by atoms with Crippen molar-refractivity contribution in [2.45, 2.75) is 31.1 Å². The van der Waals surface area contributed by atoms with Crippen LogP contribution in [0.2, 0.25) is 0 Å². The topological polar surface area (TPSA) is 72.6 Å². The molecule has 1 aromatic carbocycles. The Morgan fingerprint density at radius 1 is 1.43 bits per heavy atom. The van der Waals surface area contributed by atoms with E-state index in [4.69, 9.17) is 10.5 Å². The average Bonchev–Trinajstić information content (AvgIpc) is 2.48. The van der Waals surface area contributed by atoms with E-state index < -0.39 is 10.0 Å². The first-order chi connectivity index (χ1) is 9.95. The molecule has 0 bridgehead atoms. The van der Waals surface area contributed by atoms with Gasteiger partial charge in [0, 0.05) is 25.9 Å². The van der Waals surface area contributed by atoms with Crippen LogP contribution in [0.15, 0.2) is 23.1 Å². The molecule has 1 aromatic rings. The highest BCUT2D eigenvalue weighted by Gasteiger charge is 2.25. The maximum Gasteiger partial charge on any atom is 0.242 e. The number of nitrogens with two attached hydrogens (primary N) is 1. The van der Waals surface area contributed by atoms with Crippen molar-refractivity contribution in [3.05, 3.63) is 23.8 Å². The highest BCUT2D eigenvalue weighted by molar-refractivity contribution is 7.89. The van der Waals surface area contributed by atoms with E-state index >= 15 is 0 Å². The van der Waals surface area contributed by atoms with Gasteiger partial charge in [0.1, 0.15) is 0 Å². The quantitative estimate of drug-likeness (QED) is 0.843. The van der Waals surface area contributed by atoms with Crippen molar-refractivity contribution in [1.29, 1.82) is 0 Å². The molecule has 21 heavy (non-hydrogen) atoms. The maximum absolute atomic E-state index is 12.6. The Kier molecular flexibility index (Phi) is 5.24. The molecule has 1 heterocycles. The lowest BCUT2D eigenvalue weighted by Gasteiger charge is -2.26. The Morgan fingerprint density at radius 3 is 2.76 bits per heavy atom. The van der Waals surface area contributed by atoms with Gasteiger partial charge in [0.25, 0.3) is 0 Å². The molecule has 6 heteroatoms. The van der Waals surface area contributed by atoms with Gasteiger partial charge in [0.05, 0.1) is 11.5 Å². The standard InChI is InChI=1S/C15H24N2O3S/c1-3-13-6-7-14(9-15(13)16)21(18,19)17(2)10-12-5-4-8-20-11-12/h6-7,9,12H,3-5,8,10-11,16H2,1-2H3. The van der Waals surface area contributed by atoms with Gasteiger partial charge in [0.15, 0.2) is 0 Å². The highest BCUT2D eigenvalue weighted by Crippen LogP contribution is 2.23. The second-order valence-corrected chi connectivity index (χ2v) is 7.63. The molecule has 0 spiro atoms. The predicted molar refractivity (Wildman–Crippen MR) is 83.6 cm³/mol. The van der Waals surface area contributed by atoms with Gasteiger partial charge >= 0.3 is 0 Å². The van der Waals surface area contributed by atoms with E-state index in [9.17, 15) is 8.42 Å². The monoisotopic (exact) mass is 312 g/mol. The molecular formula is C15H24N2O3S. The minimum Gasteiger partial charge on any atom is -0.398 e. The molecule has 1 aliphatic rings. The van der Waals surface area contributed by atoms with Gasteiger partial charge in [-0.15, -0.1) is 0 Å². The fourth-order valence-electron chi connectivity index (χ4n) is 2.65. The van der Waals surface area contributed by atoms with E-state index in [2.05, 4.69) is 0 Å². The van der Waals surface area contributed by atoms with Crippen LogP contribution in [0.25, 0.3) is 0 Å². The van der Waals surface area contributed by atoms with E-state index in [1.54, 1.807) is 25.2 Å². The highest BCUT2D eigenvalue weighted by atomic mass is 32.2. The fraction of sp³-hybridized carbons (Fsp3) is 0.600. The van der Waals surface area contributed by atoms with Gasteiger partial charge in [-0.3, -0.25) is 0 Å². The molecule has 118 valence electrons. The summed E-state index contributed by atoms with van der Waals surface area (Å²) in [5, 5.41) is 0. The summed E-state index contributed by atoms with van der Waals surface area (Å²) in [6, 6.07) is 4.99. The normalized spacial score (nSPS) is 19.9. The number of anilines is 1. The zero-order valence-electron chi connectivity index (χ0n) is 12.7. The molecule has 1 atom stereocenters. The summed E-state index contributed by atoms with van der Waals surface area (Å²) >= 11 is 0. The maximum atomic E-state index is 12.6. The largest absolute Gasteiger partial charge is 0.398 e. The Bertz CT molecular complexity index is 581. The second kappa shape index (κ2) is 6.77. The number of ether oxygens (including phenoxy) is 1. The van der Waals surface area contributed by atoms with Crippen LogP contribution in [0.5, 0.6) is 0 Å². The van der Waals surface area contributed by atoms with E-state index in [1.165, 1.54) is 4.31 Å². The Morgan fingerprint density at radius 2 is 2.19 bits per heavy atom. The molecule has 2 rings (SSSR count). The van der Waals surface area contributed by atoms with Gasteiger partial charge in [-0.05, 0) is 42.9 Å². The number of hydrogen-bond acceptors (Lipinski definition) is 4. The molecule has 0 saturated carbocycles. The molecule has 0 amide bonds. The number of aryl methyl sites for hydroxylation is 1. The van der Waals surface area contributed by atoms with Crippen LogP contribution < -0.4 is 5.73 Å². The molecule has 1 fully saturated rings. The van der Waals surface area contributed by atoms with Gasteiger partial charge < -0.3 is 10.5 Å². The molecule has 0 aliphatic carbocycles. The molecule has 1 unspecified atom stereocenters. The smallest absolute Gasteiger partial charge is 0.242 e. The zero-order valence-corrected chi connectivity index (χ0v) is 13.5. The summed E-state index contributed by atoms with van der Waals surface area (Å²) in [6.45, 7) is 3.89. The van der Waals surface area contributed by atoms with Gasteiger partial charge in [-0.25, -0.2) is 12.7 Å². The third-order valence-corrected chi connectivity index (χ3v) is 5.80. The van der Waals surface area contributed by atoms with Crippen molar-refractivity contribution in [3.63, 3.8) is 0 Å². The molecule has 5 nitrogen and oxygen atoms in total.